The van der Waals surface area contributed by atoms with Crippen LogP contribution in [0.4, 0.5) is 0 Å². The van der Waals surface area contributed by atoms with Crippen molar-refractivity contribution in [3.05, 3.63) is 35.6 Å². The van der Waals surface area contributed by atoms with Crippen molar-refractivity contribution in [1.82, 2.24) is 0 Å². The zero-order chi connectivity index (χ0) is 18.3. The molecule has 0 saturated heterocycles. The van der Waals surface area contributed by atoms with Crippen LogP contribution in [-0.4, -0.2) is 27.4 Å². The number of hydrogen-bond acceptors (Lipinski definition) is 6. The molecule has 0 aromatic heterocycles. The molecule has 1 unspecified atom stereocenters. The Labute approximate surface area is 149 Å². The molecule has 1 aromatic rings. The Kier molecular flexibility index (Phi) is 7.36. The van der Waals surface area contributed by atoms with E-state index < -0.39 is 7.82 Å². The van der Waals surface area contributed by atoms with E-state index in [0.717, 1.165) is 29.9 Å². The first-order valence-electron chi connectivity index (χ1n) is 8.57. The van der Waals surface area contributed by atoms with Gasteiger partial charge in [0.25, 0.3) is 0 Å². The molecule has 1 aliphatic carbocycles. The topological polar surface area (TPSA) is 63.2 Å². The second-order valence-corrected chi connectivity index (χ2v) is 7.18. The molecule has 2 rings (SSSR count). The summed E-state index contributed by atoms with van der Waals surface area (Å²) in [6, 6.07) is 5.71. The van der Waals surface area contributed by atoms with Gasteiger partial charge < -0.3 is 14.0 Å². The number of benzene rings is 1. The Morgan fingerprint density at radius 1 is 1.08 bits per heavy atom. The predicted octanol–water partition coefficient (Wildman–Crippen LogP) is 5.05. The van der Waals surface area contributed by atoms with Crippen LogP contribution in [0, 0.1) is 0 Å². The number of methoxy groups -OCH3 is 2. The molecule has 0 saturated carbocycles. The van der Waals surface area contributed by atoms with Crippen molar-refractivity contribution in [3.63, 3.8) is 0 Å². The van der Waals surface area contributed by atoms with Crippen molar-refractivity contribution >= 4 is 7.82 Å². The molecule has 0 fully saturated rings. The van der Waals surface area contributed by atoms with E-state index in [1.54, 1.807) is 28.1 Å². The number of phosphoric ester groups is 1. The van der Waals surface area contributed by atoms with Crippen molar-refractivity contribution in [2.45, 2.75) is 39.0 Å². The van der Waals surface area contributed by atoms with Crippen LogP contribution in [0.25, 0.3) is 0 Å². The van der Waals surface area contributed by atoms with Gasteiger partial charge in [0.05, 0.1) is 27.4 Å². The lowest BCUT2D eigenvalue weighted by molar-refractivity contribution is 0.141. The van der Waals surface area contributed by atoms with Gasteiger partial charge in [0.1, 0.15) is 17.3 Å². The highest BCUT2D eigenvalue weighted by atomic mass is 31.2. The normalized spacial score (nSPS) is 17.8. The lowest BCUT2D eigenvalue weighted by atomic mass is 9.87. The smallest absolute Gasteiger partial charge is 0.496 e. The summed E-state index contributed by atoms with van der Waals surface area (Å²) in [5, 5.41) is 0. The average Bonchev–Trinajstić information content (AvgIpc) is 2.61. The molecule has 0 heterocycles. The Balaban J connectivity index is 2.30. The van der Waals surface area contributed by atoms with E-state index in [1.165, 1.54) is 0 Å². The highest BCUT2D eigenvalue weighted by molar-refractivity contribution is 7.48. The monoisotopic (exact) mass is 370 g/mol. The standard InChI is InChI=1S/C18H27O6P/c1-5-22-25(19,23-6-2)24-15-10-7-9-14(13-15)18-16(20-3)11-8-12-17(18)21-4/h8,11-14H,5-7,9-10H2,1-4H3. The zero-order valence-corrected chi connectivity index (χ0v) is 16.2. The first-order valence-corrected chi connectivity index (χ1v) is 10.0. The molecule has 1 aromatic carbocycles. The van der Waals surface area contributed by atoms with Gasteiger partial charge in [-0.15, -0.1) is 0 Å². The van der Waals surface area contributed by atoms with Gasteiger partial charge in [-0.25, -0.2) is 4.57 Å². The third kappa shape index (κ3) is 5.00. The van der Waals surface area contributed by atoms with Crippen LogP contribution in [0.2, 0.25) is 0 Å². The van der Waals surface area contributed by atoms with Crippen LogP contribution in [0.5, 0.6) is 11.5 Å². The maximum absolute atomic E-state index is 12.6. The van der Waals surface area contributed by atoms with Gasteiger partial charge in [-0.3, -0.25) is 9.05 Å². The van der Waals surface area contributed by atoms with Crippen LogP contribution in [0.3, 0.4) is 0 Å². The van der Waals surface area contributed by atoms with Crippen molar-refractivity contribution < 1.29 is 27.6 Å². The molecule has 0 aliphatic heterocycles. The van der Waals surface area contributed by atoms with E-state index >= 15 is 0 Å². The van der Waals surface area contributed by atoms with Crippen molar-refractivity contribution in [3.8, 4) is 11.5 Å². The molecule has 7 heteroatoms. The molecule has 0 radical (unpaired) electrons. The van der Waals surface area contributed by atoms with E-state index in [0.29, 0.717) is 12.2 Å². The first kappa shape index (κ1) is 19.8. The Bertz CT molecular complexity index is 610. The molecule has 25 heavy (non-hydrogen) atoms. The summed E-state index contributed by atoms with van der Waals surface area (Å²) >= 11 is 0. The van der Waals surface area contributed by atoms with Gasteiger partial charge >= 0.3 is 7.82 Å². The van der Waals surface area contributed by atoms with Gasteiger partial charge in [0.15, 0.2) is 0 Å². The fourth-order valence-corrected chi connectivity index (χ4v) is 4.24. The lowest BCUT2D eigenvalue weighted by Crippen LogP contribution is -2.09. The summed E-state index contributed by atoms with van der Waals surface area (Å²) in [4.78, 5) is 0. The maximum atomic E-state index is 12.6. The largest absolute Gasteiger partial charge is 0.529 e. The summed E-state index contributed by atoms with van der Waals surface area (Å²) in [5.41, 5.74) is 0.968. The zero-order valence-electron chi connectivity index (χ0n) is 15.3. The van der Waals surface area contributed by atoms with Crippen molar-refractivity contribution in [2.75, 3.05) is 27.4 Å². The third-order valence-electron chi connectivity index (χ3n) is 3.97. The number of ether oxygens (including phenoxy) is 2. The Morgan fingerprint density at radius 2 is 1.68 bits per heavy atom. The molecule has 0 amide bonds. The highest BCUT2D eigenvalue weighted by Gasteiger charge is 2.31. The van der Waals surface area contributed by atoms with E-state index in [9.17, 15) is 4.57 Å². The van der Waals surface area contributed by atoms with Crippen LogP contribution in [0.15, 0.2) is 30.0 Å². The molecular weight excluding hydrogens is 343 g/mol. The second kappa shape index (κ2) is 9.27. The molecular formula is C18H27O6P. The van der Waals surface area contributed by atoms with Crippen LogP contribution >= 0.6 is 7.82 Å². The maximum Gasteiger partial charge on any atom is 0.529 e. The first-order chi connectivity index (χ1) is 12.1. The van der Waals surface area contributed by atoms with Crippen molar-refractivity contribution in [1.29, 1.82) is 0 Å². The SMILES string of the molecule is CCOP(=O)(OCC)OC1=CC(c2c(OC)cccc2OC)CCC1. The minimum Gasteiger partial charge on any atom is -0.496 e. The predicted molar refractivity (Wildman–Crippen MR) is 96.2 cm³/mol. The molecule has 0 bridgehead atoms. The summed E-state index contributed by atoms with van der Waals surface area (Å²) in [7, 11) is -0.295. The number of rotatable bonds is 9. The van der Waals surface area contributed by atoms with E-state index in [2.05, 4.69) is 0 Å². The lowest BCUT2D eigenvalue weighted by Gasteiger charge is -2.26. The number of hydrogen-bond donors (Lipinski definition) is 0. The fourth-order valence-electron chi connectivity index (χ4n) is 2.99. The van der Waals surface area contributed by atoms with Crippen LogP contribution in [-0.2, 0) is 18.1 Å². The average molecular weight is 370 g/mol. The van der Waals surface area contributed by atoms with Gasteiger partial charge in [0.2, 0.25) is 0 Å². The van der Waals surface area contributed by atoms with Crippen LogP contribution < -0.4 is 9.47 Å². The molecule has 0 spiro atoms. The molecule has 1 aliphatic rings. The summed E-state index contributed by atoms with van der Waals surface area (Å²) in [5.74, 6) is 2.19. The Hall–Kier alpha value is -1.49. The molecule has 140 valence electrons. The third-order valence-corrected chi connectivity index (χ3v) is 5.57. The number of phosphoric acid groups is 1. The second-order valence-electron chi connectivity index (χ2n) is 5.58. The molecule has 6 nitrogen and oxygen atoms in total. The minimum absolute atomic E-state index is 0.0477. The van der Waals surface area contributed by atoms with Gasteiger partial charge in [0, 0.05) is 17.9 Å². The van der Waals surface area contributed by atoms with Gasteiger partial charge in [-0.2, -0.15) is 0 Å². The van der Waals surface area contributed by atoms with E-state index in [-0.39, 0.29) is 19.1 Å². The molecule has 0 N–H and O–H groups in total. The summed E-state index contributed by atoms with van der Waals surface area (Å²) < 4.78 is 39.7. The Morgan fingerprint density at radius 3 is 2.20 bits per heavy atom. The van der Waals surface area contributed by atoms with Crippen molar-refractivity contribution in [2.24, 2.45) is 0 Å². The minimum atomic E-state index is -3.57. The number of allylic oxidation sites excluding steroid dienone is 2. The molecule has 1 atom stereocenters. The van der Waals surface area contributed by atoms with Crippen LogP contribution in [0.1, 0.15) is 44.6 Å². The summed E-state index contributed by atoms with van der Waals surface area (Å²) in [6.45, 7) is 4.03. The van der Waals surface area contributed by atoms with E-state index in [4.69, 9.17) is 23.0 Å². The van der Waals surface area contributed by atoms with Gasteiger partial charge in [-0.05, 0) is 44.9 Å². The van der Waals surface area contributed by atoms with Gasteiger partial charge in [-0.1, -0.05) is 6.07 Å². The van der Waals surface area contributed by atoms with E-state index in [1.807, 2.05) is 24.3 Å². The quantitative estimate of drug-likeness (QED) is 0.567. The summed E-state index contributed by atoms with van der Waals surface area (Å²) in [6.07, 6.45) is 4.49. The fraction of sp³-hybridized carbons (Fsp3) is 0.556. The highest BCUT2D eigenvalue weighted by Crippen LogP contribution is 2.53.